The minimum atomic E-state index is -0.953. The van der Waals surface area contributed by atoms with E-state index < -0.39 is 12.0 Å². The van der Waals surface area contributed by atoms with Crippen molar-refractivity contribution >= 4 is 16.7 Å². The van der Waals surface area contributed by atoms with Crippen LogP contribution in [0.2, 0.25) is 0 Å². The summed E-state index contributed by atoms with van der Waals surface area (Å²) >= 11 is 0. The summed E-state index contributed by atoms with van der Waals surface area (Å²) < 4.78 is 5.18. The Morgan fingerprint density at radius 2 is 1.95 bits per heavy atom. The fourth-order valence-corrected chi connectivity index (χ4v) is 2.00. The molecule has 19 heavy (non-hydrogen) atoms. The van der Waals surface area contributed by atoms with Gasteiger partial charge in [0.05, 0.1) is 7.11 Å². The molecule has 0 aliphatic heterocycles. The first-order chi connectivity index (χ1) is 9.10. The Morgan fingerprint density at radius 1 is 1.26 bits per heavy atom. The van der Waals surface area contributed by atoms with Crippen molar-refractivity contribution in [2.45, 2.75) is 18.9 Å². The highest BCUT2D eigenvalue weighted by molar-refractivity contribution is 5.84. The van der Waals surface area contributed by atoms with Crippen LogP contribution in [-0.2, 0) is 11.2 Å². The van der Waals surface area contributed by atoms with Gasteiger partial charge in [-0.2, -0.15) is 0 Å². The molecule has 4 heteroatoms. The smallest absolute Gasteiger partial charge is 0.320 e. The lowest BCUT2D eigenvalue weighted by molar-refractivity contribution is -0.138. The molecule has 0 saturated heterocycles. The molecule has 0 saturated carbocycles. The number of aliphatic carboxylic acids is 1. The Kier molecular flexibility index (Phi) is 4.02. The maximum atomic E-state index is 10.7. The molecule has 0 amide bonds. The summed E-state index contributed by atoms with van der Waals surface area (Å²) in [4.78, 5) is 10.7. The zero-order valence-electron chi connectivity index (χ0n) is 10.8. The lowest BCUT2D eigenvalue weighted by Gasteiger charge is -2.08. The number of hydrogen-bond acceptors (Lipinski definition) is 3. The van der Waals surface area contributed by atoms with E-state index in [1.165, 1.54) is 0 Å². The molecule has 0 aliphatic carbocycles. The van der Waals surface area contributed by atoms with Gasteiger partial charge < -0.3 is 15.6 Å². The summed E-state index contributed by atoms with van der Waals surface area (Å²) in [5, 5.41) is 11.0. The number of methoxy groups -OCH3 is 1. The number of hydrogen-bond donors (Lipinski definition) is 2. The average molecular weight is 259 g/mol. The lowest BCUT2D eigenvalue weighted by atomic mass is 10.0. The van der Waals surface area contributed by atoms with E-state index in [1.807, 2.05) is 30.3 Å². The summed E-state index contributed by atoms with van der Waals surface area (Å²) in [5.41, 5.74) is 6.59. The van der Waals surface area contributed by atoms with Crippen LogP contribution in [0.4, 0.5) is 0 Å². The van der Waals surface area contributed by atoms with Gasteiger partial charge in [-0.3, -0.25) is 4.79 Å². The van der Waals surface area contributed by atoms with E-state index in [4.69, 9.17) is 15.6 Å². The average Bonchev–Trinajstić information content (AvgIpc) is 2.43. The summed E-state index contributed by atoms with van der Waals surface area (Å²) in [6, 6.07) is 11.2. The summed E-state index contributed by atoms with van der Waals surface area (Å²) in [6.45, 7) is 0. The number of nitrogens with two attached hydrogens (primary N) is 1. The van der Waals surface area contributed by atoms with Gasteiger partial charge in [0.2, 0.25) is 0 Å². The SMILES string of the molecule is COc1ccc2cc(CC[C@H](N)C(=O)O)ccc2c1. The van der Waals surface area contributed by atoms with Crippen molar-refractivity contribution in [1.29, 1.82) is 0 Å². The zero-order chi connectivity index (χ0) is 13.8. The number of benzene rings is 2. The van der Waals surface area contributed by atoms with Crippen LogP contribution < -0.4 is 10.5 Å². The molecule has 2 aromatic carbocycles. The van der Waals surface area contributed by atoms with E-state index in [0.717, 1.165) is 22.1 Å². The van der Waals surface area contributed by atoms with Gasteiger partial charge in [0, 0.05) is 0 Å². The van der Waals surface area contributed by atoms with E-state index in [-0.39, 0.29) is 0 Å². The van der Waals surface area contributed by atoms with E-state index in [0.29, 0.717) is 12.8 Å². The summed E-state index contributed by atoms with van der Waals surface area (Å²) in [7, 11) is 1.64. The second-order valence-corrected chi connectivity index (χ2v) is 4.53. The van der Waals surface area contributed by atoms with Crippen LogP contribution in [-0.4, -0.2) is 24.2 Å². The third-order valence-corrected chi connectivity index (χ3v) is 3.17. The molecule has 0 aliphatic rings. The Morgan fingerprint density at radius 3 is 2.63 bits per heavy atom. The van der Waals surface area contributed by atoms with E-state index in [1.54, 1.807) is 7.11 Å². The van der Waals surface area contributed by atoms with Crippen LogP contribution in [0, 0.1) is 0 Å². The van der Waals surface area contributed by atoms with Gasteiger partial charge in [0.25, 0.3) is 0 Å². The topological polar surface area (TPSA) is 72.5 Å². The zero-order valence-corrected chi connectivity index (χ0v) is 10.8. The first kappa shape index (κ1) is 13.4. The fourth-order valence-electron chi connectivity index (χ4n) is 2.00. The second kappa shape index (κ2) is 5.71. The molecule has 0 heterocycles. The summed E-state index contributed by atoms with van der Waals surface area (Å²) in [6.07, 6.45) is 1.10. The van der Waals surface area contributed by atoms with Crippen LogP contribution in [0.25, 0.3) is 10.8 Å². The number of carboxylic acids is 1. The first-order valence-electron chi connectivity index (χ1n) is 6.15. The standard InChI is InChI=1S/C15H17NO3/c1-19-13-6-5-11-8-10(2-4-12(11)9-13)3-7-14(16)15(17)18/h2,4-6,8-9,14H,3,7,16H2,1H3,(H,17,18)/t14-/m0/s1. The number of ether oxygens (including phenoxy) is 1. The molecule has 2 aromatic rings. The number of carboxylic acid groups (broad SMARTS) is 1. The predicted octanol–water partition coefficient (Wildman–Crippen LogP) is 2.19. The van der Waals surface area contributed by atoms with Crippen molar-refractivity contribution in [3.05, 3.63) is 42.0 Å². The Hall–Kier alpha value is -2.07. The minimum Gasteiger partial charge on any atom is -0.497 e. The van der Waals surface area contributed by atoms with Crippen molar-refractivity contribution in [3.8, 4) is 5.75 Å². The first-order valence-corrected chi connectivity index (χ1v) is 6.15. The van der Waals surface area contributed by atoms with Gasteiger partial charge in [0.1, 0.15) is 11.8 Å². The van der Waals surface area contributed by atoms with Gasteiger partial charge in [-0.25, -0.2) is 0 Å². The highest BCUT2D eigenvalue weighted by Crippen LogP contribution is 2.22. The quantitative estimate of drug-likeness (QED) is 0.863. The molecular formula is C15H17NO3. The highest BCUT2D eigenvalue weighted by Gasteiger charge is 2.11. The monoisotopic (exact) mass is 259 g/mol. The molecule has 3 N–H and O–H groups in total. The van der Waals surface area contributed by atoms with Gasteiger partial charge in [-0.1, -0.05) is 24.3 Å². The van der Waals surface area contributed by atoms with Crippen molar-refractivity contribution in [2.75, 3.05) is 7.11 Å². The molecule has 0 aromatic heterocycles. The molecule has 1 atom stereocenters. The highest BCUT2D eigenvalue weighted by atomic mass is 16.5. The van der Waals surface area contributed by atoms with E-state index in [2.05, 4.69) is 6.07 Å². The van der Waals surface area contributed by atoms with Gasteiger partial charge >= 0.3 is 5.97 Å². The molecular weight excluding hydrogens is 242 g/mol. The number of rotatable bonds is 5. The fraction of sp³-hybridized carbons (Fsp3) is 0.267. The Bertz CT molecular complexity index is 595. The molecule has 0 fully saturated rings. The molecule has 100 valence electrons. The molecule has 0 unspecified atom stereocenters. The van der Waals surface area contributed by atoms with E-state index >= 15 is 0 Å². The number of carbonyl (C=O) groups is 1. The van der Waals surface area contributed by atoms with Crippen molar-refractivity contribution in [1.82, 2.24) is 0 Å². The molecule has 0 bridgehead atoms. The predicted molar refractivity (Wildman–Crippen MR) is 74.4 cm³/mol. The van der Waals surface area contributed by atoms with Crippen LogP contribution in [0.3, 0.4) is 0 Å². The molecule has 4 nitrogen and oxygen atoms in total. The van der Waals surface area contributed by atoms with Crippen LogP contribution >= 0.6 is 0 Å². The molecule has 2 rings (SSSR count). The third kappa shape index (κ3) is 3.23. The maximum absolute atomic E-state index is 10.7. The second-order valence-electron chi connectivity index (χ2n) is 4.53. The lowest BCUT2D eigenvalue weighted by Crippen LogP contribution is -2.30. The minimum absolute atomic E-state index is 0.441. The third-order valence-electron chi connectivity index (χ3n) is 3.17. The molecule has 0 spiro atoms. The van der Waals surface area contributed by atoms with Crippen LogP contribution in [0.15, 0.2) is 36.4 Å². The van der Waals surface area contributed by atoms with Crippen LogP contribution in [0.5, 0.6) is 5.75 Å². The van der Waals surface area contributed by atoms with Crippen molar-refractivity contribution in [3.63, 3.8) is 0 Å². The van der Waals surface area contributed by atoms with Crippen molar-refractivity contribution < 1.29 is 14.6 Å². The van der Waals surface area contributed by atoms with Gasteiger partial charge in [0.15, 0.2) is 0 Å². The van der Waals surface area contributed by atoms with Crippen LogP contribution in [0.1, 0.15) is 12.0 Å². The number of fused-ring (bicyclic) bond motifs is 1. The largest absolute Gasteiger partial charge is 0.497 e. The Balaban J connectivity index is 2.15. The van der Waals surface area contributed by atoms with E-state index in [9.17, 15) is 4.79 Å². The Labute approximate surface area is 111 Å². The summed E-state index contributed by atoms with van der Waals surface area (Å²) in [5.74, 6) is -0.126. The maximum Gasteiger partial charge on any atom is 0.320 e. The normalized spacial score (nSPS) is 12.3. The molecule has 0 radical (unpaired) electrons. The van der Waals surface area contributed by atoms with Crippen molar-refractivity contribution in [2.24, 2.45) is 5.73 Å². The van der Waals surface area contributed by atoms with Gasteiger partial charge in [-0.05, 0) is 41.3 Å². The van der Waals surface area contributed by atoms with Gasteiger partial charge in [-0.15, -0.1) is 0 Å². The number of aryl methyl sites for hydroxylation is 1.